The highest BCUT2D eigenvalue weighted by Crippen LogP contribution is 2.37. The molecule has 1 unspecified atom stereocenters. The van der Waals surface area contributed by atoms with Gasteiger partial charge in [-0.05, 0) is 55.4 Å². The van der Waals surface area contributed by atoms with E-state index in [0.717, 1.165) is 21.3 Å². The van der Waals surface area contributed by atoms with Gasteiger partial charge in [-0.2, -0.15) is 0 Å². The molecule has 1 heterocycles. The average molecular weight is 461 g/mol. The molecule has 5 nitrogen and oxygen atoms in total. The zero-order valence-corrected chi connectivity index (χ0v) is 18.0. The Labute approximate surface area is 178 Å². The Bertz CT molecular complexity index is 915. The number of rotatable bonds is 6. The van der Waals surface area contributed by atoms with Crippen LogP contribution in [0.25, 0.3) is 5.70 Å². The molecule has 146 valence electrons. The first kappa shape index (κ1) is 20.4. The second-order valence-corrected chi connectivity index (χ2v) is 7.29. The topological polar surface area (TPSA) is 59.6 Å². The van der Waals surface area contributed by atoms with Gasteiger partial charge in [0.05, 0.1) is 30.5 Å². The van der Waals surface area contributed by atoms with Crippen LogP contribution in [-0.4, -0.2) is 24.3 Å². The third kappa shape index (κ3) is 4.36. The van der Waals surface area contributed by atoms with Gasteiger partial charge in [0.25, 0.3) is 0 Å². The molecule has 2 N–H and O–H groups in total. The van der Waals surface area contributed by atoms with Crippen LogP contribution in [0.5, 0.6) is 5.75 Å². The number of carbonyl (C=O) groups is 1. The van der Waals surface area contributed by atoms with Gasteiger partial charge in [0.2, 0.25) is 0 Å². The fraction of sp³-hybridized carbons (Fsp3) is 0.238. The zero-order valence-electron chi connectivity index (χ0n) is 15.6. The van der Waals surface area contributed by atoms with E-state index in [2.05, 4.69) is 26.6 Å². The van der Waals surface area contributed by atoms with E-state index in [1.807, 2.05) is 55.5 Å². The Kier molecular flexibility index (Phi) is 6.70. The highest BCUT2D eigenvalue weighted by molar-refractivity contribution is 9.10. The maximum atomic E-state index is 12.9. The molecule has 0 aliphatic carbocycles. The van der Waals surface area contributed by atoms with Crippen molar-refractivity contribution in [2.45, 2.75) is 19.9 Å². The summed E-state index contributed by atoms with van der Waals surface area (Å²) in [6, 6.07) is 14.8. The summed E-state index contributed by atoms with van der Waals surface area (Å²) in [6.07, 6.45) is 0. The van der Waals surface area contributed by atoms with Gasteiger partial charge in [0.1, 0.15) is 5.75 Å². The lowest BCUT2D eigenvalue weighted by atomic mass is 9.92. The molecule has 3 rings (SSSR count). The van der Waals surface area contributed by atoms with E-state index in [-0.39, 0.29) is 6.61 Å². The summed E-state index contributed by atoms with van der Waals surface area (Å²) in [5, 5.41) is 6.78. The second-order valence-electron chi connectivity index (χ2n) is 6.02. The predicted octanol–water partition coefficient (Wildman–Crippen LogP) is 4.34. The smallest absolute Gasteiger partial charge is 0.338 e. The number of hydrogen-bond donors (Lipinski definition) is 2. The lowest BCUT2D eigenvalue weighted by molar-refractivity contribution is -0.138. The van der Waals surface area contributed by atoms with E-state index in [4.69, 9.17) is 21.7 Å². The van der Waals surface area contributed by atoms with Crippen LogP contribution < -0.4 is 15.4 Å². The fourth-order valence-corrected chi connectivity index (χ4v) is 3.75. The number of thiocarbonyl (C=S) groups is 1. The Morgan fingerprint density at radius 1 is 1.14 bits per heavy atom. The Morgan fingerprint density at radius 2 is 1.89 bits per heavy atom. The van der Waals surface area contributed by atoms with Crippen molar-refractivity contribution in [1.29, 1.82) is 0 Å². The van der Waals surface area contributed by atoms with Crippen LogP contribution in [0.2, 0.25) is 0 Å². The summed E-state index contributed by atoms with van der Waals surface area (Å²) in [5.74, 6) is 0.319. The molecule has 0 radical (unpaired) electrons. The lowest BCUT2D eigenvalue weighted by Gasteiger charge is -2.32. The van der Waals surface area contributed by atoms with Crippen molar-refractivity contribution in [1.82, 2.24) is 10.6 Å². The summed E-state index contributed by atoms with van der Waals surface area (Å²) >= 11 is 9.03. The number of esters is 1. The van der Waals surface area contributed by atoms with Crippen LogP contribution in [0.3, 0.4) is 0 Å². The minimum atomic E-state index is -0.488. The summed E-state index contributed by atoms with van der Waals surface area (Å²) < 4.78 is 11.9. The minimum absolute atomic E-state index is 0.279. The average Bonchev–Trinajstić information content (AvgIpc) is 2.70. The van der Waals surface area contributed by atoms with E-state index >= 15 is 0 Å². The van der Waals surface area contributed by atoms with E-state index in [1.165, 1.54) is 0 Å². The predicted molar refractivity (Wildman–Crippen MR) is 117 cm³/mol. The highest BCUT2D eigenvalue weighted by atomic mass is 79.9. The molecule has 0 aromatic heterocycles. The van der Waals surface area contributed by atoms with E-state index in [0.29, 0.717) is 23.0 Å². The van der Waals surface area contributed by atoms with Crippen molar-refractivity contribution in [3.05, 3.63) is 69.7 Å². The van der Waals surface area contributed by atoms with Gasteiger partial charge in [-0.15, -0.1) is 0 Å². The van der Waals surface area contributed by atoms with Gasteiger partial charge in [0, 0.05) is 4.47 Å². The molecule has 0 amide bonds. The molecule has 0 saturated carbocycles. The number of hydrogen-bond acceptors (Lipinski definition) is 4. The first-order chi connectivity index (χ1) is 13.5. The molecule has 7 heteroatoms. The van der Waals surface area contributed by atoms with Gasteiger partial charge in [0.15, 0.2) is 5.11 Å². The molecule has 0 saturated heterocycles. The normalized spacial score (nSPS) is 16.2. The third-order valence-corrected chi connectivity index (χ3v) is 5.16. The van der Waals surface area contributed by atoms with Crippen LogP contribution in [0.4, 0.5) is 0 Å². The second kappa shape index (κ2) is 9.21. The molecule has 2 aromatic rings. The lowest BCUT2D eigenvalue weighted by Crippen LogP contribution is -2.45. The van der Waals surface area contributed by atoms with E-state index in [9.17, 15) is 4.79 Å². The molecule has 28 heavy (non-hydrogen) atoms. The SMILES string of the molecule is CCOC(=O)C1=C(c2ccccc2)NC(=S)NC1c1cc(OCC)ccc1Br. The molecule has 2 aromatic carbocycles. The van der Waals surface area contributed by atoms with Crippen molar-refractivity contribution in [3.8, 4) is 5.75 Å². The Hall–Kier alpha value is -2.38. The van der Waals surface area contributed by atoms with Gasteiger partial charge in [-0.3, -0.25) is 0 Å². The number of carbonyl (C=O) groups excluding carboxylic acids is 1. The third-order valence-electron chi connectivity index (χ3n) is 4.22. The van der Waals surface area contributed by atoms with Crippen molar-refractivity contribution in [3.63, 3.8) is 0 Å². The van der Waals surface area contributed by atoms with E-state index < -0.39 is 12.0 Å². The number of ether oxygens (including phenoxy) is 2. The summed E-state index contributed by atoms with van der Waals surface area (Å²) in [4.78, 5) is 12.9. The van der Waals surface area contributed by atoms with Crippen LogP contribution in [0.1, 0.15) is 31.0 Å². The molecular weight excluding hydrogens is 440 g/mol. The summed E-state index contributed by atoms with van der Waals surface area (Å²) in [7, 11) is 0. The monoisotopic (exact) mass is 460 g/mol. The number of nitrogens with one attached hydrogen (secondary N) is 2. The standard InChI is InChI=1S/C21H21BrN2O3S/c1-3-26-14-10-11-16(22)15(12-14)19-17(20(25)27-4-2)18(23-21(28)24-19)13-8-6-5-7-9-13/h5-12,19H,3-4H2,1-2H3,(H2,23,24,28). The summed E-state index contributed by atoms with van der Waals surface area (Å²) in [6.45, 7) is 4.55. The highest BCUT2D eigenvalue weighted by Gasteiger charge is 2.34. The minimum Gasteiger partial charge on any atom is -0.494 e. The van der Waals surface area contributed by atoms with Gasteiger partial charge in [-0.1, -0.05) is 46.3 Å². The largest absolute Gasteiger partial charge is 0.494 e. The van der Waals surface area contributed by atoms with Crippen LogP contribution in [0, 0.1) is 0 Å². The quantitative estimate of drug-likeness (QED) is 0.493. The molecule has 0 fully saturated rings. The van der Waals surface area contributed by atoms with Crippen molar-refractivity contribution >= 4 is 44.9 Å². The maximum Gasteiger partial charge on any atom is 0.338 e. The van der Waals surface area contributed by atoms with Crippen molar-refractivity contribution < 1.29 is 14.3 Å². The first-order valence-corrected chi connectivity index (χ1v) is 10.2. The molecule has 0 bridgehead atoms. The van der Waals surface area contributed by atoms with Crippen LogP contribution in [-0.2, 0) is 9.53 Å². The van der Waals surface area contributed by atoms with Crippen LogP contribution >= 0.6 is 28.1 Å². The van der Waals surface area contributed by atoms with E-state index in [1.54, 1.807) is 6.92 Å². The fourth-order valence-electron chi connectivity index (χ4n) is 3.06. The molecule has 1 aliphatic heterocycles. The molecule has 1 aliphatic rings. The maximum absolute atomic E-state index is 12.9. The number of benzene rings is 2. The molecule has 1 atom stereocenters. The van der Waals surface area contributed by atoms with Crippen molar-refractivity contribution in [2.24, 2.45) is 0 Å². The zero-order chi connectivity index (χ0) is 20.1. The van der Waals surface area contributed by atoms with Crippen molar-refractivity contribution in [2.75, 3.05) is 13.2 Å². The van der Waals surface area contributed by atoms with Crippen LogP contribution in [0.15, 0.2) is 58.6 Å². The number of halogens is 1. The molecule has 0 spiro atoms. The van der Waals surface area contributed by atoms with Gasteiger partial charge < -0.3 is 20.1 Å². The Balaban J connectivity index is 2.19. The van der Waals surface area contributed by atoms with Gasteiger partial charge in [-0.25, -0.2) is 4.79 Å². The Morgan fingerprint density at radius 3 is 2.57 bits per heavy atom. The first-order valence-electron chi connectivity index (χ1n) is 9.01. The summed E-state index contributed by atoms with van der Waals surface area (Å²) in [5.41, 5.74) is 2.81. The molecular formula is C21H21BrN2O3S. The van der Waals surface area contributed by atoms with Gasteiger partial charge >= 0.3 is 5.97 Å².